The van der Waals surface area contributed by atoms with Crippen LogP contribution in [0.4, 0.5) is 17.2 Å². The first-order chi connectivity index (χ1) is 10.8. The highest BCUT2D eigenvalue weighted by molar-refractivity contribution is 6.34. The smallest absolute Gasteiger partial charge is 0.151 e. The van der Waals surface area contributed by atoms with Gasteiger partial charge in [0.15, 0.2) is 5.82 Å². The quantitative estimate of drug-likeness (QED) is 0.635. The van der Waals surface area contributed by atoms with E-state index in [1.54, 1.807) is 6.20 Å². The van der Waals surface area contributed by atoms with E-state index in [1.165, 1.54) is 0 Å². The molecule has 0 fully saturated rings. The standard InChI is InChI=1S/C17H13Cl2N3/c18-13-7-1-3-9-15(13)21-22(17-11-5-6-12-20-17)16-10-4-2-8-14(16)19/h1-12,21H. The average molecular weight is 330 g/mol. The molecule has 0 amide bonds. The Labute approximate surface area is 139 Å². The lowest BCUT2D eigenvalue weighted by Crippen LogP contribution is -2.25. The van der Waals surface area contributed by atoms with Gasteiger partial charge in [-0.25, -0.2) is 9.99 Å². The van der Waals surface area contributed by atoms with Gasteiger partial charge in [-0.15, -0.1) is 0 Å². The fraction of sp³-hybridized carbons (Fsp3) is 0. The molecule has 22 heavy (non-hydrogen) atoms. The van der Waals surface area contributed by atoms with Crippen LogP contribution in [0.2, 0.25) is 10.0 Å². The van der Waals surface area contributed by atoms with Crippen molar-refractivity contribution in [1.29, 1.82) is 0 Å². The SMILES string of the molecule is Clc1ccccc1NN(c1ccccn1)c1ccccc1Cl. The molecule has 0 spiro atoms. The van der Waals surface area contributed by atoms with Gasteiger partial charge in [-0.1, -0.05) is 53.5 Å². The second kappa shape index (κ2) is 6.69. The summed E-state index contributed by atoms with van der Waals surface area (Å²) >= 11 is 12.6. The molecule has 110 valence electrons. The Bertz CT molecular complexity index is 763. The molecule has 0 radical (unpaired) electrons. The van der Waals surface area contributed by atoms with Crippen LogP contribution in [0.1, 0.15) is 0 Å². The molecule has 0 aliphatic carbocycles. The summed E-state index contributed by atoms with van der Waals surface area (Å²) in [6.45, 7) is 0. The summed E-state index contributed by atoms with van der Waals surface area (Å²) in [5, 5.41) is 3.05. The van der Waals surface area contributed by atoms with E-state index in [9.17, 15) is 0 Å². The molecular weight excluding hydrogens is 317 g/mol. The monoisotopic (exact) mass is 329 g/mol. The molecule has 3 aromatic rings. The van der Waals surface area contributed by atoms with E-state index in [2.05, 4.69) is 10.4 Å². The van der Waals surface area contributed by atoms with Crippen molar-refractivity contribution in [3.05, 3.63) is 83.0 Å². The Balaban J connectivity index is 2.05. The first-order valence-corrected chi connectivity index (χ1v) is 7.48. The largest absolute Gasteiger partial charge is 0.291 e. The van der Waals surface area contributed by atoms with Crippen LogP contribution in [-0.4, -0.2) is 4.98 Å². The number of benzene rings is 2. The molecule has 0 atom stereocenters. The molecule has 1 aromatic heterocycles. The highest BCUT2D eigenvalue weighted by Crippen LogP contribution is 2.32. The summed E-state index contributed by atoms with van der Waals surface area (Å²) in [6, 6.07) is 20.8. The predicted molar refractivity (Wildman–Crippen MR) is 92.9 cm³/mol. The normalized spacial score (nSPS) is 10.3. The Morgan fingerprint density at radius 1 is 0.773 bits per heavy atom. The zero-order chi connectivity index (χ0) is 15.4. The third-order valence-corrected chi connectivity index (χ3v) is 3.73. The number of hydrogen-bond acceptors (Lipinski definition) is 3. The summed E-state index contributed by atoms with van der Waals surface area (Å²) in [6.07, 6.45) is 1.73. The number of hydrazine groups is 1. The van der Waals surface area contributed by atoms with Crippen LogP contribution < -0.4 is 10.4 Å². The van der Waals surface area contributed by atoms with E-state index < -0.39 is 0 Å². The fourth-order valence-corrected chi connectivity index (χ4v) is 2.43. The van der Waals surface area contributed by atoms with E-state index in [0.717, 1.165) is 17.2 Å². The molecule has 0 saturated heterocycles. The summed E-state index contributed by atoms with van der Waals surface area (Å²) in [5.41, 5.74) is 4.84. The van der Waals surface area contributed by atoms with Crippen LogP contribution in [0.25, 0.3) is 0 Å². The number of anilines is 3. The summed E-state index contributed by atoms with van der Waals surface area (Å²) in [7, 11) is 0. The fourth-order valence-electron chi connectivity index (χ4n) is 2.03. The molecule has 5 heteroatoms. The van der Waals surface area contributed by atoms with Crippen LogP contribution in [0.3, 0.4) is 0 Å². The Hall–Kier alpha value is -2.23. The maximum absolute atomic E-state index is 6.33. The first-order valence-electron chi connectivity index (χ1n) is 6.72. The minimum atomic E-state index is 0.618. The Kier molecular flexibility index (Phi) is 4.47. The summed E-state index contributed by atoms with van der Waals surface area (Å²) in [4.78, 5) is 4.38. The van der Waals surface area contributed by atoms with Crippen molar-refractivity contribution in [2.45, 2.75) is 0 Å². The van der Waals surface area contributed by atoms with Gasteiger partial charge in [0.25, 0.3) is 0 Å². The number of halogens is 2. The first kappa shape index (κ1) is 14.7. The van der Waals surface area contributed by atoms with Gasteiger partial charge in [-0.3, -0.25) is 5.43 Å². The van der Waals surface area contributed by atoms with Gasteiger partial charge in [0.2, 0.25) is 0 Å². The van der Waals surface area contributed by atoms with Crippen LogP contribution in [0, 0.1) is 0 Å². The maximum Gasteiger partial charge on any atom is 0.151 e. The Morgan fingerprint density at radius 2 is 1.45 bits per heavy atom. The number of rotatable bonds is 4. The molecule has 0 aliphatic heterocycles. The molecule has 3 nitrogen and oxygen atoms in total. The van der Waals surface area contributed by atoms with Crippen LogP contribution in [0.5, 0.6) is 0 Å². The minimum absolute atomic E-state index is 0.618. The number of nitrogens with zero attached hydrogens (tertiary/aromatic N) is 2. The van der Waals surface area contributed by atoms with Crippen molar-refractivity contribution in [1.82, 2.24) is 4.98 Å². The lowest BCUT2D eigenvalue weighted by molar-refractivity contribution is 1.10. The van der Waals surface area contributed by atoms with E-state index in [4.69, 9.17) is 23.2 Å². The third kappa shape index (κ3) is 3.16. The summed E-state index contributed by atoms with van der Waals surface area (Å²) in [5.74, 6) is 0.718. The van der Waals surface area contributed by atoms with Crippen molar-refractivity contribution >= 4 is 40.4 Å². The molecule has 0 aliphatic rings. The topological polar surface area (TPSA) is 28.2 Å². The zero-order valence-corrected chi connectivity index (χ0v) is 13.1. The van der Waals surface area contributed by atoms with E-state index in [1.807, 2.05) is 71.7 Å². The summed E-state index contributed by atoms with van der Waals surface area (Å²) < 4.78 is 0. The number of para-hydroxylation sites is 2. The predicted octanol–water partition coefficient (Wildman–Crippen LogP) is 5.55. The average Bonchev–Trinajstić information content (AvgIpc) is 2.56. The second-order valence-corrected chi connectivity index (χ2v) is 5.38. The minimum Gasteiger partial charge on any atom is -0.291 e. The second-order valence-electron chi connectivity index (χ2n) is 4.57. The third-order valence-electron chi connectivity index (χ3n) is 3.08. The highest BCUT2D eigenvalue weighted by Gasteiger charge is 2.14. The van der Waals surface area contributed by atoms with Crippen molar-refractivity contribution < 1.29 is 0 Å². The molecule has 3 rings (SSSR count). The molecule has 1 heterocycles. The van der Waals surface area contributed by atoms with Gasteiger partial charge in [0.1, 0.15) is 0 Å². The van der Waals surface area contributed by atoms with Crippen molar-refractivity contribution in [2.24, 2.45) is 0 Å². The number of nitrogens with one attached hydrogen (secondary N) is 1. The molecule has 1 N–H and O–H groups in total. The highest BCUT2D eigenvalue weighted by atomic mass is 35.5. The van der Waals surface area contributed by atoms with Crippen LogP contribution >= 0.6 is 23.2 Å². The number of hydrogen-bond donors (Lipinski definition) is 1. The van der Waals surface area contributed by atoms with Gasteiger partial charge in [-0.05, 0) is 36.4 Å². The van der Waals surface area contributed by atoms with Crippen molar-refractivity contribution in [3.8, 4) is 0 Å². The maximum atomic E-state index is 6.33. The molecule has 0 bridgehead atoms. The van der Waals surface area contributed by atoms with Gasteiger partial charge in [-0.2, -0.15) is 0 Å². The number of aromatic nitrogens is 1. The molecule has 0 unspecified atom stereocenters. The number of pyridine rings is 1. The van der Waals surface area contributed by atoms with Crippen LogP contribution in [-0.2, 0) is 0 Å². The van der Waals surface area contributed by atoms with E-state index >= 15 is 0 Å². The van der Waals surface area contributed by atoms with E-state index in [0.29, 0.717) is 10.0 Å². The lowest BCUT2D eigenvalue weighted by atomic mass is 10.3. The van der Waals surface area contributed by atoms with Gasteiger partial charge in [0.05, 0.1) is 21.4 Å². The molecule has 2 aromatic carbocycles. The van der Waals surface area contributed by atoms with Crippen molar-refractivity contribution in [2.75, 3.05) is 10.4 Å². The van der Waals surface area contributed by atoms with E-state index in [-0.39, 0.29) is 0 Å². The van der Waals surface area contributed by atoms with Gasteiger partial charge in [0, 0.05) is 6.20 Å². The van der Waals surface area contributed by atoms with Gasteiger partial charge < -0.3 is 0 Å². The van der Waals surface area contributed by atoms with Crippen LogP contribution in [0.15, 0.2) is 72.9 Å². The lowest BCUT2D eigenvalue weighted by Gasteiger charge is -2.26. The van der Waals surface area contributed by atoms with Gasteiger partial charge >= 0.3 is 0 Å². The Morgan fingerprint density at radius 3 is 2.14 bits per heavy atom. The molecular formula is C17H13Cl2N3. The van der Waals surface area contributed by atoms with Crippen molar-refractivity contribution in [3.63, 3.8) is 0 Å². The molecule has 0 saturated carbocycles. The zero-order valence-electron chi connectivity index (χ0n) is 11.6.